The Morgan fingerprint density at radius 1 is 1.52 bits per heavy atom. The smallest absolute Gasteiger partial charge is 0.269 e. The van der Waals surface area contributed by atoms with E-state index < -0.39 is 11.4 Å². The molecule has 23 heavy (non-hydrogen) atoms. The number of aliphatic hydroxyl groups is 1. The Morgan fingerprint density at radius 2 is 2.22 bits per heavy atom. The van der Waals surface area contributed by atoms with E-state index >= 15 is 0 Å². The molecule has 8 heteroatoms. The molecule has 0 spiro atoms. The van der Waals surface area contributed by atoms with Crippen LogP contribution in [-0.4, -0.2) is 65.9 Å². The number of ether oxygens (including phenoxy) is 1. The Morgan fingerprint density at radius 3 is 2.70 bits per heavy atom. The maximum Gasteiger partial charge on any atom is 0.269 e. The molecule has 2 atom stereocenters. The van der Waals surface area contributed by atoms with Gasteiger partial charge in [-0.2, -0.15) is 0 Å². The summed E-state index contributed by atoms with van der Waals surface area (Å²) in [6, 6.07) is 0. The molecule has 130 valence electrons. The van der Waals surface area contributed by atoms with Crippen LogP contribution in [0.15, 0.2) is 0 Å². The molecule has 1 aromatic rings. The van der Waals surface area contributed by atoms with Crippen LogP contribution in [0.2, 0.25) is 10.0 Å². The van der Waals surface area contributed by atoms with Crippen molar-refractivity contribution < 1.29 is 14.6 Å². The first kappa shape index (κ1) is 18.5. The van der Waals surface area contributed by atoms with Gasteiger partial charge in [-0.05, 0) is 19.9 Å². The summed E-state index contributed by atoms with van der Waals surface area (Å²) in [5, 5.41) is 13.4. The van der Waals surface area contributed by atoms with Crippen LogP contribution in [0.1, 0.15) is 29.5 Å². The van der Waals surface area contributed by atoms with Gasteiger partial charge in [0.25, 0.3) is 5.91 Å². The molecule has 1 aliphatic heterocycles. The van der Waals surface area contributed by atoms with Gasteiger partial charge >= 0.3 is 0 Å². The number of methoxy groups -OCH3 is 1. The molecule has 6 nitrogen and oxygen atoms in total. The fraction of sp³-hybridized carbons (Fsp3) is 0.667. The Kier molecular flexibility index (Phi) is 5.97. The highest BCUT2D eigenvalue weighted by atomic mass is 35.5. The number of amides is 1. The molecule has 2 rings (SSSR count). The van der Waals surface area contributed by atoms with Crippen LogP contribution >= 0.6 is 23.2 Å². The molecule has 0 unspecified atom stereocenters. The summed E-state index contributed by atoms with van der Waals surface area (Å²) in [7, 11) is 1.59. The first-order chi connectivity index (χ1) is 10.9. The summed E-state index contributed by atoms with van der Waals surface area (Å²) in [5.74, 6) is -0.397. The topological polar surface area (TPSA) is 77.6 Å². The Labute approximate surface area is 146 Å². The zero-order valence-electron chi connectivity index (χ0n) is 13.6. The number of piperidine rings is 1. The summed E-state index contributed by atoms with van der Waals surface area (Å²) in [6.07, 6.45) is 0.280. The van der Waals surface area contributed by atoms with Gasteiger partial charge in [0.2, 0.25) is 0 Å². The first-order valence-electron chi connectivity index (χ1n) is 7.60. The second-order valence-corrected chi connectivity index (χ2v) is 6.64. The van der Waals surface area contributed by atoms with Crippen molar-refractivity contribution in [1.29, 1.82) is 0 Å². The zero-order valence-corrected chi connectivity index (χ0v) is 15.1. The summed E-state index contributed by atoms with van der Waals surface area (Å²) >= 11 is 12.1. The highest BCUT2D eigenvalue weighted by molar-refractivity contribution is 6.44. The van der Waals surface area contributed by atoms with Crippen molar-refractivity contribution in [3.63, 3.8) is 0 Å². The Hall–Kier alpha value is -0.790. The summed E-state index contributed by atoms with van der Waals surface area (Å²) < 4.78 is 5.54. The van der Waals surface area contributed by atoms with Crippen molar-refractivity contribution in [3.05, 3.63) is 21.4 Å². The SMILES string of the molecule is CCN1CC[C@](CO)(NC(=O)c2[nH]c(C)c(Cl)c2Cl)[C@@H](OC)C1. The molecule has 0 bridgehead atoms. The molecule has 0 aromatic carbocycles. The average molecular weight is 364 g/mol. The Balaban J connectivity index is 2.23. The van der Waals surface area contributed by atoms with Gasteiger partial charge in [0.15, 0.2) is 0 Å². The molecular formula is C15H23Cl2N3O3. The molecule has 0 radical (unpaired) electrons. The van der Waals surface area contributed by atoms with Crippen LogP contribution in [0.25, 0.3) is 0 Å². The standard InChI is InChI=1S/C15H23Cl2N3O3/c1-4-20-6-5-15(8-21,10(7-20)23-3)19-14(22)13-12(17)11(16)9(2)18-13/h10,18,21H,4-8H2,1-3H3,(H,19,22)/t10-,15+/m0/s1. The van der Waals surface area contributed by atoms with Crippen LogP contribution in [0.4, 0.5) is 0 Å². The van der Waals surface area contributed by atoms with Gasteiger partial charge in [-0.1, -0.05) is 30.1 Å². The maximum absolute atomic E-state index is 12.6. The van der Waals surface area contributed by atoms with Gasteiger partial charge in [0, 0.05) is 25.9 Å². The van der Waals surface area contributed by atoms with E-state index in [1.165, 1.54) is 0 Å². The number of carbonyl (C=O) groups is 1. The van der Waals surface area contributed by atoms with Crippen LogP contribution in [0.3, 0.4) is 0 Å². The fourth-order valence-electron chi connectivity index (χ4n) is 2.99. The highest BCUT2D eigenvalue weighted by Gasteiger charge is 2.44. The van der Waals surface area contributed by atoms with Crippen molar-refractivity contribution in [1.82, 2.24) is 15.2 Å². The summed E-state index contributed by atoms with van der Waals surface area (Å²) in [5.41, 5.74) is -0.00880. The van der Waals surface area contributed by atoms with Crippen LogP contribution in [0, 0.1) is 6.92 Å². The van der Waals surface area contributed by atoms with Gasteiger partial charge in [0.1, 0.15) is 5.69 Å². The second kappa shape index (κ2) is 7.40. The van der Waals surface area contributed by atoms with Crippen molar-refractivity contribution in [2.75, 3.05) is 33.4 Å². The van der Waals surface area contributed by atoms with E-state index in [2.05, 4.69) is 22.1 Å². The van der Waals surface area contributed by atoms with Crippen molar-refractivity contribution >= 4 is 29.1 Å². The van der Waals surface area contributed by atoms with Crippen LogP contribution in [0.5, 0.6) is 0 Å². The van der Waals surface area contributed by atoms with E-state index in [0.29, 0.717) is 23.7 Å². The van der Waals surface area contributed by atoms with Crippen LogP contribution < -0.4 is 5.32 Å². The lowest BCUT2D eigenvalue weighted by atomic mass is 9.85. The third-order valence-corrected chi connectivity index (χ3v) is 5.52. The number of hydrogen-bond acceptors (Lipinski definition) is 4. The molecule has 3 N–H and O–H groups in total. The minimum Gasteiger partial charge on any atom is -0.394 e. The van der Waals surface area contributed by atoms with Crippen LogP contribution in [-0.2, 0) is 4.74 Å². The number of aromatic nitrogens is 1. The normalized spacial score (nSPS) is 25.6. The molecule has 0 aliphatic carbocycles. The molecule has 1 aromatic heterocycles. The molecule has 2 heterocycles. The number of hydrogen-bond donors (Lipinski definition) is 3. The summed E-state index contributed by atoms with van der Waals surface area (Å²) in [4.78, 5) is 17.7. The molecule has 1 amide bonds. The number of likely N-dealkylation sites (N-methyl/N-ethyl adjacent to an activating group) is 1. The van der Waals surface area contributed by atoms with Crippen molar-refractivity contribution in [3.8, 4) is 0 Å². The van der Waals surface area contributed by atoms with Gasteiger partial charge in [-0.25, -0.2) is 0 Å². The quantitative estimate of drug-likeness (QED) is 0.745. The van der Waals surface area contributed by atoms with Crippen molar-refractivity contribution in [2.24, 2.45) is 0 Å². The summed E-state index contributed by atoms with van der Waals surface area (Å²) in [6.45, 7) is 5.92. The molecular weight excluding hydrogens is 341 g/mol. The average Bonchev–Trinajstić information content (AvgIpc) is 2.82. The number of aromatic amines is 1. The van der Waals surface area contributed by atoms with Gasteiger partial charge < -0.3 is 25.0 Å². The number of likely N-dealkylation sites (tertiary alicyclic amines) is 1. The van der Waals surface area contributed by atoms with E-state index in [-0.39, 0.29) is 23.4 Å². The number of aliphatic hydroxyl groups excluding tert-OH is 1. The number of halogens is 2. The van der Waals surface area contributed by atoms with Gasteiger partial charge in [-0.15, -0.1) is 0 Å². The fourth-order valence-corrected chi connectivity index (χ4v) is 3.40. The van der Waals surface area contributed by atoms with E-state index in [1.54, 1.807) is 14.0 Å². The largest absolute Gasteiger partial charge is 0.394 e. The lowest BCUT2D eigenvalue weighted by Crippen LogP contribution is -2.66. The molecule has 1 saturated heterocycles. The zero-order chi connectivity index (χ0) is 17.2. The number of H-pyrrole nitrogens is 1. The second-order valence-electron chi connectivity index (χ2n) is 5.89. The number of aryl methyl sites for hydroxylation is 1. The minimum absolute atomic E-state index is 0.190. The number of rotatable bonds is 5. The number of nitrogens with one attached hydrogen (secondary N) is 2. The van der Waals surface area contributed by atoms with E-state index in [9.17, 15) is 9.90 Å². The minimum atomic E-state index is -0.841. The van der Waals surface area contributed by atoms with E-state index in [1.807, 2.05) is 0 Å². The lowest BCUT2D eigenvalue weighted by molar-refractivity contribution is -0.0582. The predicted octanol–water partition coefficient (Wildman–Crippen LogP) is 1.83. The molecule has 1 aliphatic rings. The monoisotopic (exact) mass is 363 g/mol. The van der Waals surface area contributed by atoms with E-state index in [4.69, 9.17) is 27.9 Å². The van der Waals surface area contributed by atoms with Gasteiger partial charge in [-0.3, -0.25) is 4.79 Å². The predicted molar refractivity (Wildman–Crippen MR) is 90.4 cm³/mol. The lowest BCUT2D eigenvalue weighted by Gasteiger charge is -2.46. The van der Waals surface area contributed by atoms with Crippen molar-refractivity contribution in [2.45, 2.75) is 31.9 Å². The maximum atomic E-state index is 12.6. The Bertz CT molecular complexity index is 579. The third-order valence-electron chi connectivity index (χ3n) is 4.57. The molecule has 0 saturated carbocycles. The highest BCUT2D eigenvalue weighted by Crippen LogP contribution is 2.30. The van der Waals surface area contributed by atoms with Gasteiger partial charge in [0.05, 0.1) is 28.3 Å². The van der Waals surface area contributed by atoms with E-state index in [0.717, 1.165) is 13.1 Å². The first-order valence-corrected chi connectivity index (χ1v) is 8.36. The number of carbonyl (C=O) groups excluding carboxylic acids is 1. The molecule has 1 fully saturated rings. The number of nitrogens with zero attached hydrogens (tertiary/aromatic N) is 1. The third kappa shape index (κ3) is 3.51.